The van der Waals surface area contributed by atoms with E-state index in [0.29, 0.717) is 36.6 Å². The van der Waals surface area contributed by atoms with Crippen molar-refractivity contribution in [1.82, 2.24) is 20.4 Å². The normalized spacial score (nSPS) is 14.9. The molecule has 176 valence electrons. The summed E-state index contributed by atoms with van der Waals surface area (Å²) in [4.78, 5) is 39.6. The summed E-state index contributed by atoms with van der Waals surface area (Å²) in [6.07, 6.45) is 1.14. The van der Waals surface area contributed by atoms with E-state index >= 15 is 0 Å². The minimum Gasteiger partial charge on any atom is -0.349 e. The molecule has 0 unspecified atom stereocenters. The molecular weight excluding hydrogens is 474 g/mol. The molecular formula is C24H24ClN5O3S. The summed E-state index contributed by atoms with van der Waals surface area (Å²) in [5.74, 6) is -0.888. The molecule has 3 aromatic rings. The fraction of sp³-hybridized carbons (Fsp3) is 0.292. The van der Waals surface area contributed by atoms with Crippen molar-refractivity contribution >= 4 is 46.3 Å². The number of amides is 3. The maximum absolute atomic E-state index is 12.9. The Morgan fingerprint density at radius 3 is 2.44 bits per heavy atom. The minimum atomic E-state index is -0.457. The Labute approximate surface area is 206 Å². The number of carbonyl (C=O) groups is 3. The van der Waals surface area contributed by atoms with Crippen LogP contribution in [0.1, 0.15) is 51.0 Å². The number of piperidine rings is 1. The Balaban J connectivity index is 1.29. The lowest BCUT2D eigenvalue weighted by Gasteiger charge is -2.31. The van der Waals surface area contributed by atoms with Gasteiger partial charge in [-0.25, -0.2) is 0 Å². The van der Waals surface area contributed by atoms with Crippen molar-refractivity contribution in [3.8, 4) is 0 Å². The Kier molecular flexibility index (Phi) is 7.54. The molecule has 0 radical (unpaired) electrons. The second kappa shape index (κ2) is 10.8. The first kappa shape index (κ1) is 23.8. The van der Waals surface area contributed by atoms with Gasteiger partial charge < -0.3 is 15.5 Å². The molecule has 1 aromatic heterocycles. The van der Waals surface area contributed by atoms with Crippen molar-refractivity contribution in [2.45, 2.75) is 25.8 Å². The zero-order chi connectivity index (χ0) is 24.1. The summed E-state index contributed by atoms with van der Waals surface area (Å²) in [5.41, 5.74) is 1.58. The van der Waals surface area contributed by atoms with Crippen LogP contribution in [-0.2, 0) is 4.79 Å². The number of rotatable bonds is 6. The van der Waals surface area contributed by atoms with E-state index in [2.05, 4.69) is 20.8 Å². The lowest BCUT2D eigenvalue weighted by atomic mass is 9.95. The third-order valence-corrected chi connectivity index (χ3v) is 6.84. The second-order valence-corrected chi connectivity index (χ2v) is 9.50. The van der Waals surface area contributed by atoms with E-state index in [1.807, 2.05) is 37.3 Å². The van der Waals surface area contributed by atoms with Gasteiger partial charge in [0.25, 0.3) is 11.8 Å². The zero-order valence-corrected chi connectivity index (χ0v) is 20.1. The molecule has 0 spiro atoms. The van der Waals surface area contributed by atoms with Crippen LogP contribution >= 0.6 is 22.9 Å². The van der Waals surface area contributed by atoms with Gasteiger partial charge in [0, 0.05) is 29.7 Å². The first-order valence-electron chi connectivity index (χ1n) is 11.0. The second-order valence-electron chi connectivity index (χ2n) is 8.08. The maximum Gasteiger partial charge on any atom is 0.286 e. The zero-order valence-electron chi connectivity index (χ0n) is 18.5. The summed E-state index contributed by atoms with van der Waals surface area (Å²) >= 11 is 6.88. The summed E-state index contributed by atoms with van der Waals surface area (Å²) < 4.78 is 0. The molecule has 1 atom stereocenters. The third-order valence-electron chi connectivity index (χ3n) is 5.70. The van der Waals surface area contributed by atoms with Crippen molar-refractivity contribution in [3.05, 3.63) is 75.2 Å². The standard InChI is InChI=1S/C24H24ClN5O3S/c1-15(16-6-3-2-4-7-16)26-20(31)17-10-12-30(13-11-17)24(33)23-29-28-22(34-23)21(32)27-19-9-5-8-18(25)14-19/h2-9,14-15,17H,10-13H2,1H3,(H,26,31)(H,27,32)/t15-/m1/s1. The fourth-order valence-electron chi connectivity index (χ4n) is 3.79. The number of anilines is 1. The largest absolute Gasteiger partial charge is 0.349 e. The SMILES string of the molecule is C[C@@H](NC(=O)C1CCN(C(=O)c2nnc(C(=O)Nc3cccc(Cl)c3)s2)CC1)c1ccccc1. The van der Waals surface area contributed by atoms with Gasteiger partial charge in [-0.1, -0.05) is 59.3 Å². The van der Waals surface area contributed by atoms with E-state index in [9.17, 15) is 14.4 Å². The van der Waals surface area contributed by atoms with Crippen molar-refractivity contribution in [3.63, 3.8) is 0 Å². The Morgan fingerprint density at radius 1 is 1.03 bits per heavy atom. The number of benzene rings is 2. The lowest BCUT2D eigenvalue weighted by molar-refractivity contribution is -0.127. The summed E-state index contributed by atoms with van der Waals surface area (Å²) in [5, 5.41) is 14.3. The molecule has 0 saturated carbocycles. The lowest BCUT2D eigenvalue weighted by Crippen LogP contribution is -2.43. The topological polar surface area (TPSA) is 104 Å². The van der Waals surface area contributed by atoms with Crippen LogP contribution < -0.4 is 10.6 Å². The van der Waals surface area contributed by atoms with Gasteiger partial charge in [0.05, 0.1) is 6.04 Å². The molecule has 3 amide bonds. The van der Waals surface area contributed by atoms with E-state index in [1.165, 1.54) is 0 Å². The fourth-order valence-corrected chi connectivity index (χ4v) is 4.69. The Hall–Kier alpha value is -3.30. The number of carbonyl (C=O) groups excluding carboxylic acids is 3. The van der Waals surface area contributed by atoms with Crippen LogP contribution in [0, 0.1) is 5.92 Å². The van der Waals surface area contributed by atoms with Gasteiger partial charge in [-0.15, -0.1) is 10.2 Å². The highest BCUT2D eigenvalue weighted by atomic mass is 35.5. The molecule has 34 heavy (non-hydrogen) atoms. The van der Waals surface area contributed by atoms with Gasteiger partial charge in [-0.3, -0.25) is 14.4 Å². The third kappa shape index (κ3) is 5.78. The predicted octanol–water partition coefficient (Wildman–Crippen LogP) is 4.17. The monoisotopic (exact) mass is 497 g/mol. The maximum atomic E-state index is 12.9. The van der Waals surface area contributed by atoms with Crippen molar-refractivity contribution in [2.75, 3.05) is 18.4 Å². The number of hydrogen-bond donors (Lipinski definition) is 2. The molecule has 10 heteroatoms. The highest BCUT2D eigenvalue weighted by molar-refractivity contribution is 7.15. The molecule has 1 aliphatic heterocycles. The van der Waals surface area contributed by atoms with Crippen LogP contribution in [0.25, 0.3) is 0 Å². The molecule has 0 aliphatic carbocycles. The van der Waals surface area contributed by atoms with Gasteiger partial charge >= 0.3 is 0 Å². The van der Waals surface area contributed by atoms with Gasteiger partial charge in [-0.05, 0) is 43.5 Å². The van der Waals surface area contributed by atoms with E-state index in [-0.39, 0.29) is 33.8 Å². The van der Waals surface area contributed by atoms with Crippen LogP contribution in [0.2, 0.25) is 5.02 Å². The molecule has 0 bridgehead atoms. The first-order chi connectivity index (χ1) is 16.4. The van der Waals surface area contributed by atoms with Gasteiger partial charge in [0.1, 0.15) is 0 Å². The van der Waals surface area contributed by atoms with Crippen molar-refractivity contribution in [2.24, 2.45) is 5.92 Å². The smallest absolute Gasteiger partial charge is 0.286 e. The van der Waals surface area contributed by atoms with Gasteiger partial charge in [-0.2, -0.15) is 0 Å². The number of likely N-dealkylation sites (tertiary alicyclic amines) is 1. The molecule has 2 N–H and O–H groups in total. The number of nitrogens with one attached hydrogen (secondary N) is 2. The molecule has 1 saturated heterocycles. The van der Waals surface area contributed by atoms with Crippen LogP contribution in [0.5, 0.6) is 0 Å². The van der Waals surface area contributed by atoms with Gasteiger partial charge in [0.15, 0.2) is 0 Å². The van der Waals surface area contributed by atoms with E-state index in [4.69, 9.17) is 11.6 Å². The minimum absolute atomic E-state index is 0.000611. The van der Waals surface area contributed by atoms with E-state index in [0.717, 1.165) is 16.9 Å². The average molecular weight is 498 g/mol. The van der Waals surface area contributed by atoms with E-state index in [1.54, 1.807) is 29.2 Å². The quantitative estimate of drug-likeness (QED) is 0.531. The molecule has 2 heterocycles. The van der Waals surface area contributed by atoms with E-state index < -0.39 is 5.91 Å². The molecule has 8 nitrogen and oxygen atoms in total. The van der Waals surface area contributed by atoms with Crippen molar-refractivity contribution < 1.29 is 14.4 Å². The number of aromatic nitrogens is 2. The summed E-state index contributed by atoms with van der Waals surface area (Å²) in [7, 11) is 0. The Morgan fingerprint density at radius 2 is 1.74 bits per heavy atom. The first-order valence-corrected chi connectivity index (χ1v) is 12.1. The highest BCUT2D eigenvalue weighted by Gasteiger charge is 2.30. The van der Waals surface area contributed by atoms with Crippen LogP contribution in [0.3, 0.4) is 0 Å². The number of nitrogens with zero attached hydrogens (tertiary/aromatic N) is 3. The summed E-state index contributed by atoms with van der Waals surface area (Å²) in [6, 6.07) is 16.5. The molecule has 4 rings (SSSR count). The Bertz CT molecular complexity index is 1180. The number of halogens is 1. The molecule has 1 fully saturated rings. The number of hydrogen-bond acceptors (Lipinski definition) is 6. The van der Waals surface area contributed by atoms with Crippen LogP contribution in [-0.4, -0.2) is 45.9 Å². The average Bonchev–Trinajstić information content (AvgIpc) is 3.35. The predicted molar refractivity (Wildman–Crippen MR) is 131 cm³/mol. The summed E-state index contributed by atoms with van der Waals surface area (Å²) in [6.45, 7) is 2.85. The van der Waals surface area contributed by atoms with Crippen LogP contribution in [0.15, 0.2) is 54.6 Å². The highest BCUT2D eigenvalue weighted by Crippen LogP contribution is 2.23. The van der Waals surface area contributed by atoms with Crippen molar-refractivity contribution in [1.29, 1.82) is 0 Å². The van der Waals surface area contributed by atoms with Crippen LogP contribution in [0.4, 0.5) is 5.69 Å². The van der Waals surface area contributed by atoms with Gasteiger partial charge in [0.2, 0.25) is 15.9 Å². The molecule has 2 aromatic carbocycles. The molecule has 1 aliphatic rings.